The fourth-order valence-corrected chi connectivity index (χ4v) is 5.56. The van der Waals surface area contributed by atoms with Gasteiger partial charge in [0.2, 0.25) is 15.9 Å². The van der Waals surface area contributed by atoms with Gasteiger partial charge in [-0.25, -0.2) is 8.42 Å². The molecule has 0 bridgehead atoms. The van der Waals surface area contributed by atoms with Crippen molar-refractivity contribution in [2.75, 3.05) is 25.5 Å². The molecular formula is C20H28N4O4S. The lowest BCUT2D eigenvalue weighted by molar-refractivity contribution is -0.116. The quantitative estimate of drug-likeness (QED) is 0.743. The smallest absolute Gasteiger partial charge is 0.246 e. The van der Waals surface area contributed by atoms with E-state index in [4.69, 9.17) is 4.74 Å². The summed E-state index contributed by atoms with van der Waals surface area (Å²) in [6, 6.07) is 7.18. The number of ether oxygens (including phenoxy) is 1. The van der Waals surface area contributed by atoms with Gasteiger partial charge in [0, 0.05) is 19.5 Å². The molecule has 0 unspecified atom stereocenters. The van der Waals surface area contributed by atoms with Gasteiger partial charge in [-0.15, -0.1) is 0 Å². The van der Waals surface area contributed by atoms with Crippen molar-refractivity contribution in [3.63, 3.8) is 0 Å². The molecule has 1 N–H and O–H groups in total. The van der Waals surface area contributed by atoms with E-state index in [2.05, 4.69) is 10.4 Å². The molecule has 158 valence electrons. The Bertz CT molecular complexity index is 978. The first-order valence-corrected chi connectivity index (χ1v) is 11.3. The van der Waals surface area contributed by atoms with E-state index < -0.39 is 10.0 Å². The van der Waals surface area contributed by atoms with Gasteiger partial charge in [0.15, 0.2) is 0 Å². The van der Waals surface area contributed by atoms with Gasteiger partial charge >= 0.3 is 0 Å². The van der Waals surface area contributed by atoms with E-state index >= 15 is 0 Å². The fraction of sp³-hybridized carbons (Fsp3) is 0.500. The molecule has 1 aromatic heterocycles. The standard InChI is InChI=1S/C20H28N4O4S/c1-15-20(29(26,27)23-12-7-4-8-13-23)16(2)24(22-15)14-11-19(25)21-17-9-5-6-10-18(17)28-3/h5-6,9-10H,4,7-8,11-14H2,1-3H3,(H,21,25). The predicted octanol–water partition coefficient (Wildman–Crippen LogP) is 2.71. The van der Waals surface area contributed by atoms with Crippen LogP contribution < -0.4 is 10.1 Å². The molecule has 0 atom stereocenters. The van der Waals surface area contributed by atoms with Gasteiger partial charge in [0.05, 0.1) is 30.7 Å². The number of rotatable bonds is 7. The maximum Gasteiger partial charge on any atom is 0.246 e. The van der Waals surface area contributed by atoms with Gasteiger partial charge in [0.25, 0.3) is 0 Å². The van der Waals surface area contributed by atoms with Crippen LogP contribution in [-0.2, 0) is 21.4 Å². The van der Waals surface area contributed by atoms with Crippen LogP contribution in [0.3, 0.4) is 0 Å². The van der Waals surface area contributed by atoms with Crippen molar-refractivity contribution in [2.45, 2.75) is 51.0 Å². The number of para-hydroxylation sites is 2. The Morgan fingerprint density at radius 2 is 1.86 bits per heavy atom. The number of benzene rings is 1. The van der Waals surface area contributed by atoms with Gasteiger partial charge in [-0.05, 0) is 38.8 Å². The highest BCUT2D eigenvalue weighted by Crippen LogP contribution is 2.26. The third kappa shape index (κ3) is 4.62. The fourth-order valence-electron chi connectivity index (χ4n) is 3.67. The summed E-state index contributed by atoms with van der Waals surface area (Å²) < 4.78 is 34.5. The monoisotopic (exact) mass is 420 g/mol. The Hall–Kier alpha value is -2.39. The van der Waals surface area contributed by atoms with E-state index in [1.165, 1.54) is 0 Å². The third-order valence-corrected chi connectivity index (χ3v) is 7.31. The summed E-state index contributed by atoms with van der Waals surface area (Å²) in [6.07, 6.45) is 3.00. The zero-order chi connectivity index (χ0) is 21.0. The minimum Gasteiger partial charge on any atom is -0.495 e. The number of methoxy groups -OCH3 is 1. The normalized spacial score (nSPS) is 15.3. The molecule has 0 radical (unpaired) electrons. The average Bonchev–Trinajstić information content (AvgIpc) is 3.01. The van der Waals surface area contributed by atoms with Gasteiger partial charge in [-0.1, -0.05) is 18.6 Å². The SMILES string of the molecule is COc1ccccc1NC(=O)CCn1nc(C)c(S(=O)(=O)N2CCCCC2)c1C. The topological polar surface area (TPSA) is 93.5 Å². The van der Waals surface area contributed by atoms with Crippen molar-refractivity contribution < 1.29 is 17.9 Å². The number of aryl methyl sites for hydroxylation is 2. The van der Waals surface area contributed by atoms with Crippen LogP contribution in [0, 0.1) is 13.8 Å². The van der Waals surface area contributed by atoms with Crippen LogP contribution in [0.25, 0.3) is 0 Å². The van der Waals surface area contributed by atoms with E-state index in [0.717, 1.165) is 19.3 Å². The number of aromatic nitrogens is 2. The second-order valence-electron chi connectivity index (χ2n) is 7.19. The van der Waals surface area contributed by atoms with Crippen LogP contribution >= 0.6 is 0 Å². The van der Waals surface area contributed by atoms with Crippen LogP contribution in [0.1, 0.15) is 37.1 Å². The molecule has 1 aliphatic heterocycles. The molecule has 0 saturated carbocycles. The Kier molecular flexibility index (Phi) is 6.59. The van der Waals surface area contributed by atoms with Gasteiger partial charge in [-0.2, -0.15) is 9.40 Å². The third-order valence-electron chi connectivity index (χ3n) is 5.16. The number of nitrogens with zero attached hydrogens (tertiary/aromatic N) is 3. The van der Waals surface area contributed by atoms with Crippen LogP contribution in [0.2, 0.25) is 0 Å². The van der Waals surface area contributed by atoms with E-state index in [-0.39, 0.29) is 17.2 Å². The number of anilines is 1. The van der Waals surface area contributed by atoms with E-state index in [1.807, 2.05) is 12.1 Å². The number of hydrogen-bond acceptors (Lipinski definition) is 5. The highest BCUT2D eigenvalue weighted by atomic mass is 32.2. The minimum atomic E-state index is -3.57. The Labute approximate surface area is 171 Å². The highest BCUT2D eigenvalue weighted by molar-refractivity contribution is 7.89. The molecule has 0 spiro atoms. The van der Waals surface area contributed by atoms with Crippen molar-refractivity contribution in [3.8, 4) is 5.75 Å². The maximum absolute atomic E-state index is 13.1. The summed E-state index contributed by atoms with van der Waals surface area (Å²) in [5.74, 6) is 0.393. The number of amides is 1. The van der Waals surface area contributed by atoms with Crippen LogP contribution in [-0.4, -0.2) is 48.6 Å². The molecule has 1 saturated heterocycles. The minimum absolute atomic E-state index is 0.170. The Balaban J connectivity index is 1.71. The molecule has 9 heteroatoms. The zero-order valence-electron chi connectivity index (χ0n) is 17.1. The second-order valence-corrected chi connectivity index (χ2v) is 9.06. The molecule has 1 fully saturated rings. The average molecular weight is 421 g/mol. The summed E-state index contributed by atoms with van der Waals surface area (Å²) in [4.78, 5) is 12.6. The Morgan fingerprint density at radius 1 is 1.17 bits per heavy atom. The molecule has 3 rings (SSSR count). The number of hydrogen-bond donors (Lipinski definition) is 1. The van der Waals surface area contributed by atoms with Crippen molar-refractivity contribution >= 4 is 21.6 Å². The lowest BCUT2D eigenvalue weighted by Gasteiger charge is -2.26. The van der Waals surface area contributed by atoms with Crippen molar-refractivity contribution in [1.29, 1.82) is 0 Å². The lowest BCUT2D eigenvalue weighted by Crippen LogP contribution is -2.36. The molecule has 2 heterocycles. The van der Waals surface area contributed by atoms with Crippen molar-refractivity contribution in [1.82, 2.24) is 14.1 Å². The highest BCUT2D eigenvalue weighted by Gasteiger charge is 2.31. The number of carbonyl (C=O) groups excluding carboxylic acids is 1. The summed E-state index contributed by atoms with van der Waals surface area (Å²) in [7, 11) is -2.02. The summed E-state index contributed by atoms with van der Waals surface area (Å²) in [5.41, 5.74) is 1.64. The largest absolute Gasteiger partial charge is 0.495 e. The number of carbonyl (C=O) groups is 1. The van der Waals surface area contributed by atoms with E-state index in [1.54, 1.807) is 42.1 Å². The molecule has 1 aliphatic rings. The van der Waals surface area contributed by atoms with Crippen molar-refractivity contribution in [3.05, 3.63) is 35.7 Å². The predicted molar refractivity (Wildman–Crippen MR) is 111 cm³/mol. The van der Waals surface area contributed by atoms with E-state index in [9.17, 15) is 13.2 Å². The molecule has 0 aliphatic carbocycles. The molecule has 2 aromatic rings. The number of nitrogens with one attached hydrogen (secondary N) is 1. The second kappa shape index (κ2) is 8.96. The Morgan fingerprint density at radius 3 is 2.55 bits per heavy atom. The van der Waals surface area contributed by atoms with Crippen LogP contribution in [0.5, 0.6) is 5.75 Å². The number of piperidine rings is 1. The summed E-state index contributed by atoms with van der Waals surface area (Å²) >= 11 is 0. The molecule has 1 aromatic carbocycles. The molecule has 8 nitrogen and oxygen atoms in total. The zero-order valence-corrected chi connectivity index (χ0v) is 18.0. The first kappa shape index (κ1) is 21.3. The molecular weight excluding hydrogens is 392 g/mol. The molecule has 1 amide bonds. The summed E-state index contributed by atoms with van der Waals surface area (Å²) in [5, 5.41) is 7.21. The summed E-state index contributed by atoms with van der Waals surface area (Å²) in [6.45, 7) is 4.84. The number of sulfonamides is 1. The van der Waals surface area contributed by atoms with Crippen molar-refractivity contribution in [2.24, 2.45) is 0 Å². The first-order chi connectivity index (χ1) is 13.8. The first-order valence-electron chi connectivity index (χ1n) is 9.81. The molecule has 29 heavy (non-hydrogen) atoms. The van der Waals surface area contributed by atoms with Gasteiger partial charge in [0.1, 0.15) is 10.6 Å². The van der Waals surface area contributed by atoms with Crippen LogP contribution in [0.15, 0.2) is 29.2 Å². The maximum atomic E-state index is 13.1. The van der Waals surface area contributed by atoms with Gasteiger partial charge in [-0.3, -0.25) is 9.48 Å². The van der Waals surface area contributed by atoms with E-state index in [0.29, 0.717) is 42.5 Å². The van der Waals surface area contributed by atoms with Crippen LogP contribution in [0.4, 0.5) is 5.69 Å². The lowest BCUT2D eigenvalue weighted by atomic mass is 10.2. The van der Waals surface area contributed by atoms with Gasteiger partial charge < -0.3 is 10.1 Å².